The number of anilines is 1. The van der Waals surface area contributed by atoms with Gasteiger partial charge in [0.2, 0.25) is 5.82 Å². The highest BCUT2D eigenvalue weighted by Gasteiger charge is 2.22. The van der Waals surface area contributed by atoms with E-state index in [1.54, 1.807) is 0 Å². The van der Waals surface area contributed by atoms with Gasteiger partial charge in [-0.3, -0.25) is 10.1 Å². The molecule has 6 heteroatoms. The molecule has 2 aromatic heterocycles. The van der Waals surface area contributed by atoms with Gasteiger partial charge in [0.05, 0.1) is 0 Å². The summed E-state index contributed by atoms with van der Waals surface area (Å²) in [7, 11) is 0. The van der Waals surface area contributed by atoms with Crippen molar-refractivity contribution in [2.45, 2.75) is 46.0 Å². The second kappa shape index (κ2) is 7.44. The molecular formula is C24H23N3O3. The van der Waals surface area contributed by atoms with Gasteiger partial charge >= 0.3 is 0 Å². The number of carbonyl (C=O) groups excluding carboxylic acids is 1. The van der Waals surface area contributed by atoms with E-state index in [-0.39, 0.29) is 11.7 Å². The van der Waals surface area contributed by atoms with Crippen molar-refractivity contribution in [3.63, 3.8) is 0 Å². The molecule has 5 rings (SSSR count). The maximum Gasteiger partial charge on any atom is 0.292 e. The van der Waals surface area contributed by atoms with Crippen LogP contribution in [-0.2, 0) is 19.3 Å². The van der Waals surface area contributed by atoms with Crippen molar-refractivity contribution in [1.29, 1.82) is 0 Å². The maximum absolute atomic E-state index is 13.0. The highest BCUT2D eigenvalue weighted by Crippen LogP contribution is 2.31. The fourth-order valence-electron chi connectivity index (χ4n) is 4.21. The molecule has 0 spiro atoms. The number of nitrogens with one attached hydrogen (secondary N) is 1. The number of fused-ring (bicyclic) bond motifs is 2. The Hall–Kier alpha value is -3.41. The predicted octanol–water partition coefficient (Wildman–Crippen LogP) is 5.48. The molecule has 1 N–H and O–H groups in total. The highest BCUT2D eigenvalue weighted by molar-refractivity contribution is 6.07. The number of carbonyl (C=O) groups is 1. The normalized spacial score (nSPS) is 13.4. The Labute approximate surface area is 174 Å². The Morgan fingerprint density at radius 3 is 2.73 bits per heavy atom. The van der Waals surface area contributed by atoms with Crippen molar-refractivity contribution in [2.75, 3.05) is 5.32 Å². The van der Waals surface area contributed by atoms with Crippen LogP contribution in [0.5, 0.6) is 0 Å². The topological polar surface area (TPSA) is 81.2 Å². The molecule has 30 heavy (non-hydrogen) atoms. The van der Waals surface area contributed by atoms with Crippen molar-refractivity contribution in [3.8, 4) is 11.3 Å². The van der Waals surface area contributed by atoms with Crippen LogP contribution in [0.15, 0.2) is 45.4 Å². The summed E-state index contributed by atoms with van der Waals surface area (Å²) in [6.07, 6.45) is 5.53. The summed E-state index contributed by atoms with van der Waals surface area (Å²) in [5, 5.41) is 11.7. The van der Waals surface area contributed by atoms with Crippen LogP contribution < -0.4 is 5.32 Å². The molecule has 0 saturated heterocycles. The van der Waals surface area contributed by atoms with Gasteiger partial charge in [0.25, 0.3) is 5.91 Å². The molecule has 2 aromatic carbocycles. The van der Waals surface area contributed by atoms with Gasteiger partial charge in [0, 0.05) is 16.5 Å². The molecule has 0 saturated carbocycles. The Bertz CT molecular complexity index is 1250. The number of nitrogens with zero attached hydrogens (tertiary/aromatic N) is 2. The molecule has 1 aliphatic carbocycles. The van der Waals surface area contributed by atoms with Crippen molar-refractivity contribution in [3.05, 3.63) is 64.4 Å². The van der Waals surface area contributed by atoms with Gasteiger partial charge in [-0.2, -0.15) is 0 Å². The minimum atomic E-state index is -0.364. The third-order valence-electron chi connectivity index (χ3n) is 5.96. The van der Waals surface area contributed by atoms with Gasteiger partial charge in [0.1, 0.15) is 5.58 Å². The summed E-state index contributed by atoms with van der Waals surface area (Å²) in [6, 6.07) is 12.3. The average molecular weight is 401 g/mol. The number of aryl methyl sites for hydroxylation is 4. The van der Waals surface area contributed by atoms with E-state index in [1.165, 1.54) is 29.5 Å². The van der Waals surface area contributed by atoms with Crippen LogP contribution in [-0.4, -0.2) is 16.2 Å². The first-order valence-corrected chi connectivity index (χ1v) is 10.4. The zero-order valence-corrected chi connectivity index (χ0v) is 17.1. The summed E-state index contributed by atoms with van der Waals surface area (Å²) < 4.78 is 10.8. The third-order valence-corrected chi connectivity index (χ3v) is 5.96. The van der Waals surface area contributed by atoms with E-state index in [9.17, 15) is 4.79 Å². The second-order valence-electron chi connectivity index (χ2n) is 7.85. The fourth-order valence-corrected chi connectivity index (χ4v) is 4.21. The van der Waals surface area contributed by atoms with E-state index in [2.05, 4.69) is 40.8 Å². The first-order valence-electron chi connectivity index (χ1n) is 10.4. The summed E-state index contributed by atoms with van der Waals surface area (Å²) in [5.41, 5.74) is 6.84. The van der Waals surface area contributed by atoms with E-state index in [0.29, 0.717) is 17.1 Å². The first kappa shape index (κ1) is 18.6. The predicted molar refractivity (Wildman–Crippen MR) is 115 cm³/mol. The third kappa shape index (κ3) is 3.18. The molecule has 1 amide bonds. The lowest BCUT2D eigenvalue weighted by Crippen LogP contribution is -2.13. The van der Waals surface area contributed by atoms with Crippen LogP contribution in [0.4, 0.5) is 5.82 Å². The summed E-state index contributed by atoms with van der Waals surface area (Å²) >= 11 is 0. The number of hydrogen-bond acceptors (Lipinski definition) is 5. The van der Waals surface area contributed by atoms with Crippen LogP contribution >= 0.6 is 0 Å². The lowest BCUT2D eigenvalue weighted by Gasteiger charge is -2.16. The maximum atomic E-state index is 13.0. The minimum Gasteiger partial charge on any atom is -0.451 e. The molecule has 0 aliphatic heterocycles. The number of amides is 1. The van der Waals surface area contributed by atoms with Crippen molar-refractivity contribution in [1.82, 2.24) is 10.3 Å². The molecule has 1 aliphatic rings. The molecule has 0 fully saturated rings. The monoisotopic (exact) mass is 401 g/mol. The van der Waals surface area contributed by atoms with E-state index >= 15 is 0 Å². The van der Waals surface area contributed by atoms with Gasteiger partial charge in [-0.15, -0.1) is 0 Å². The smallest absolute Gasteiger partial charge is 0.292 e. The lowest BCUT2D eigenvalue weighted by atomic mass is 9.90. The van der Waals surface area contributed by atoms with Crippen LogP contribution in [0.3, 0.4) is 0 Å². The second-order valence-corrected chi connectivity index (χ2v) is 7.85. The van der Waals surface area contributed by atoms with Crippen LogP contribution in [0.2, 0.25) is 0 Å². The van der Waals surface area contributed by atoms with E-state index in [1.807, 2.05) is 25.1 Å². The van der Waals surface area contributed by atoms with Gasteiger partial charge < -0.3 is 4.42 Å². The van der Waals surface area contributed by atoms with Crippen molar-refractivity contribution >= 4 is 22.7 Å². The Balaban J connectivity index is 1.45. The fraction of sp³-hybridized carbons (Fsp3) is 0.292. The zero-order chi connectivity index (χ0) is 20.7. The summed E-state index contributed by atoms with van der Waals surface area (Å²) in [5.74, 6) is 0.208. The highest BCUT2D eigenvalue weighted by atomic mass is 16.6. The van der Waals surface area contributed by atoms with Crippen molar-refractivity contribution < 1.29 is 13.8 Å². The molecule has 4 aromatic rings. The standard InChI is InChI=1S/C24H23N3O3/c1-3-15-8-11-20-19(12-15)14(2)22(29-20)24(28)25-23-21(26-30-27-23)18-10-9-16-6-4-5-7-17(16)13-18/h8-13H,3-7H2,1-2H3,(H,25,27,28). The summed E-state index contributed by atoms with van der Waals surface area (Å²) in [6.45, 7) is 4.00. The van der Waals surface area contributed by atoms with Crippen LogP contribution in [0.1, 0.15) is 52.6 Å². The molecular weight excluding hydrogens is 378 g/mol. The lowest BCUT2D eigenvalue weighted by molar-refractivity contribution is 0.0997. The van der Waals surface area contributed by atoms with Gasteiger partial charge in [0.15, 0.2) is 11.5 Å². The van der Waals surface area contributed by atoms with E-state index in [0.717, 1.165) is 35.8 Å². The SMILES string of the molecule is CCc1ccc2oc(C(=O)Nc3nonc3-c3ccc4c(c3)CCCC4)c(C)c2c1. The van der Waals surface area contributed by atoms with Crippen LogP contribution in [0, 0.1) is 6.92 Å². The molecule has 6 nitrogen and oxygen atoms in total. The quantitative estimate of drug-likeness (QED) is 0.489. The molecule has 0 unspecified atom stereocenters. The van der Waals surface area contributed by atoms with Gasteiger partial charge in [-0.05, 0) is 84.2 Å². The van der Waals surface area contributed by atoms with Gasteiger partial charge in [-0.1, -0.05) is 25.1 Å². The molecule has 152 valence electrons. The first-order chi connectivity index (χ1) is 14.6. The molecule has 2 heterocycles. The number of furan rings is 1. The average Bonchev–Trinajstić information content (AvgIpc) is 3.37. The van der Waals surface area contributed by atoms with Crippen LogP contribution in [0.25, 0.3) is 22.2 Å². The Morgan fingerprint density at radius 2 is 1.90 bits per heavy atom. The van der Waals surface area contributed by atoms with Gasteiger partial charge in [-0.25, -0.2) is 4.63 Å². The zero-order valence-electron chi connectivity index (χ0n) is 17.1. The number of rotatable bonds is 4. The number of aromatic nitrogens is 2. The summed E-state index contributed by atoms with van der Waals surface area (Å²) in [4.78, 5) is 13.0. The minimum absolute atomic E-state index is 0.276. The molecule has 0 radical (unpaired) electrons. The largest absolute Gasteiger partial charge is 0.451 e. The van der Waals surface area contributed by atoms with E-state index in [4.69, 9.17) is 9.05 Å². The Morgan fingerprint density at radius 1 is 1.07 bits per heavy atom. The van der Waals surface area contributed by atoms with Crippen molar-refractivity contribution in [2.24, 2.45) is 0 Å². The Kier molecular flexibility index (Phi) is 4.62. The number of hydrogen-bond donors (Lipinski definition) is 1. The number of benzene rings is 2. The molecule has 0 bridgehead atoms. The van der Waals surface area contributed by atoms with E-state index < -0.39 is 0 Å². The molecule has 0 atom stereocenters.